The molecule has 2 heterocycles. The van der Waals surface area contributed by atoms with Gasteiger partial charge in [-0.15, -0.1) is 0 Å². The van der Waals surface area contributed by atoms with Crippen LogP contribution in [0, 0.1) is 5.82 Å². The van der Waals surface area contributed by atoms with Gasteiger partial charge in [0.1, 0.15) is 11.6 Å². The van der Waals surface area contributed by atoms with Crippen LogP contribution in [0.3, 0.4) is 0 Å². The maximum Gasteiger partial charge on any atom is 0.147 e. The van der Waals surface area contributed by atoms with Crippen LogP contribution < -0.4 is 10.2 Å². The number of aromatic nitrogens is 2. The minimum absolute atomic E-state index is 0.249. The molecule has 5 nitrogen and oxygen atoms in total. The molecule has 0 unspecified atom stereocenters. The lowest BCUT2D eigenvalue weighted by Crippen LogP contribution is -2.44. The third-order valence-corrected chi connectivity index (χ3v) is 3.52. The summed E-state index contributed by atoms with van der Waals surface area (Å²) in [6.07, 6.45) is 3.48. The Labute approximate surface area is 129 Å². The minimum atomic E-state index is -0.249. The third kappa shape index (κ3) is 3.99. The van der Waals surface area contributed by atoms with E-state index in [0.717, 1.165) is 43.3 Å². The average Bonchev–Trinajstić information content (AvgIpc) is 2.56. The van der Waals surface area contributed by atoms with Crippen molar-refractivity contribution in [2.45, 2.75) is 13.2 Å². The van der Waals surface area contributed by atoms with E-state index in [1.165, 1.54) is 12.1 Å². The molecule has 6 heteroatoms. The van der Waals surface area contributed by atoms with Gasteiger partial charge in [0.2, 0.25) is 0 Å². The zero-order valence-electron chi connectivity index (χ0n) is 12.3. The molecule has 1 aliphatic rings. The van der Waals surface area contributed by atoms with Crippen LogP contribution in [0.15, 0.2) is 36.7 Å². The first-order valence-corrected chi connectivity index (χ1v) is 7.40. The summed E-state index contributed by atoms with van der Waals surface area (Å²) in [5.41, 5.74) is 1.60. The smallest absolute Gasteiger partial charge is 0.147 e. The topological polar surface area (TPSA) is 50.3 Å². The highest BCUT2D eigenvalue weighted by Gasteiger charge is 2.12. The molecule has 0 aliphatic carbocycles. The van der Waals surface area contributed by atoms with Gasteiger partial charge in [-0.05, 0) is 17.7 Å². The lowest BCUT2D eigenvalue weighted by molar-refractivity contribution is 0.104. The summed E-state index contributed by atoms with van der Waals surface area (Å²) < 4.78 is 18.7. The van der Waals surface area contributed by atoms with Gasteiger partial charge in [-0.25, -0.2) is 9.37 Å². The highest BCUT2D eigenvalue weighted by molar-refractivity contribution is 5.36. The second kappa shape index (κ2) is 7.29. The summed E-state index contributed by atoms with van der Waals surface area (Å²) in [5.74, 6) is 0.634. The zero-order valence-corrected chi connectivity index (χ0v) is 12.3. The van der Waals surface area contributed by atoms with E-state index in [9.17, 15) is 4.39 Å². The molecule has 1 fully saturated rings. The van der Waals surface area contributed by atoms with Gasteiger partial charge in [0.15, 0.2) is 0 Å². The molecule has 1 aromatic carbocycles. The fourth-order valence-corrected chi connectivity index (χ4v) is 2.41. The SMILES string of the molecule is Fc1cccc(COCc2cncc(N3CCNCC3)n2)c1. The number of halogens is 1. The molecule has 1 saturated heterocycles. The molecule has 0 radical (unpaired) electrons. The summed E-state index contributed by atoms with van der Waals surface area (Å²) in [6, 6.07) is 6.42. The van der Waals surface area contributed by atoms with Crippen molar-refractivity contribution in [2.75, 3.05) is 31.1 Å². The van der Waals surface area contributed by atoms with Crippen molar-refractivity contribution in [3.05, 3.63) is 53.7 Å². The zero-order chi connectivity index (χ0) is 15.2. The van der Waals surface area contributed by atoms with Crippen LogP contribution in [0.2, 0.25) is 0 Å². The number of piperazine rings is 1. The predicted molar refractivity (Wildman–Crippen MR) is 82.0 cm³/mol. The Morgan fingerprint density at radius 3 is 2.86 bits per heavy atom. The fourth-order valence-electron chi connectivity index (χ4n) is 2.41. The second-order valence-electron chi connectivity index (χ2n) is 5.23. The van der Waals surface area contributed by atoms with E-state index in [0.29, 0.717) is 13.2 Å². The monoisotopic (exact) mass is 302 g/mol. The van der Waals surface area contributed by atoms with E-state index >= 15 is 0 Å². The van der Waals surface area contributed by atoms with E-state index in [2.05, 4.69) is 20.2 Å². The minimum Gasteiger partial charge on any atom is -0.370 e. The molecular weight excluding hydrogens is 283 g/mol. The summed E-state index contributed by atoms with van der Waals surface area (Å²) in [5, 5.41) is 3.31. The van der Waals surface area contributed by atoms with E-state index in [4.69, 9.17) is 4.74 Å². The van der Waals surface area contributed by atoms with Gasteiger partial charge in [0.05, 0.1) is 31.3 Å². The quantitative estimate of drug-likeness (QED) is 0.912. The molecule has 1 aliphatic heterocycles. The Bertz CT molecular complexity index is 617. The van der Waals surface area contributed by atoms with Crippen LogP contribution >= 0.6 is 0 Å². The van der Waals surface area contributed by atoms with Gasteiger partial charge < -0.3 is 15.0 Å². The molecule has 22 heavy (non-hydrogen) atoms. The van der Waals surface area contributed by atoms with E-state index in [-0.39, 0.29) is 5.82 Å². The van der Waals surface area contributed by atoms with Crippen LogP contribution in [0.4, 0.5) is 10.2 Å². The van der Waals surface area contributed by atoms with Crippen molar-refractivity contribution in [1.29, 1.82) is 0 Å². The van der Waals surface area contributed by atoms with Gasteiger partial charge >= 0.3 is 0 Å². The normalized spacial score (nSPS) is 15.0. The molecule has 116 valence electrons. The summed E-state index contributed by atoms with van der Waals surface area (Å²) in [4.78, 5) is 11.0. The molecule has 1 aromatic heterocycles. The average molecular weight is 302 g/mol. The molecule has 0 spiro atoms. The van der Waals surface area contributed by atoms with E-state index in [1.54, 1.807) is 18.5 Å². The first-order valence-electron chi connectivity index (χ1n) is 7.40. The lowest BCUT2D eigenvalue weighted by Gasteiger charge is -2.28. The van der Waals surface area contributed by atoms with Crippen molar-refractivity contribution >= 4 is 5.82 Å². The summed E-state index contributed by atoms with van der Waals surface area (Å²) in [6.45, 7) is 4.51. The highest BCUT2D eigenvalue weighted by atomic mass is 19.1. The Hall–Kier alpha value is -2.05. The van der Waals surface area contributed by atoms with Gasteiger partial charge in [0.25, 0.3) is 0 Å². The van der Waals surface area contributed by atoms with Gasteiger partial charge in [-0.2, -0.15) is 0 Å². The molecule has 3 rings (SSSR count). The molecule has 0 saturated carbocycles. The first kappa shape index (κ1) is 14.9. The van der Waals surface area contributed by atoms with Crippen molar-refractivity contribution in [2.24, 2.45) is 0 Å². The third-order valence-electron chi connectivity index (χ3n) is 3.52. The number of ether oxygens (including phenoxy) is 1. The molecule has 2 aromatic rings. The number of hydrogen-bond acceptors (Lipinski definition) is 5. The van der Waals surface area contributed by atoms with Gasteiger partial charge in [-0.3, -0.25) is 4.98 Å². The van der Waals surface area contributed by atoms with Crippen molar-refractivity contribution < 1.29 is 9.13 Å². The fraction of sp³-hybridized carbons (Fsp3) is 0.375. The number of benzene rings is 1. The predicted octanol–water partition coefficient (Wildman–Crippen LogP) is 1.74. The maximum atomic E-state index is 13.1. The van der Waals surface area contributed by atoms with Crippen molar-refractivity contribution in [3.8, 4) is 0 Å². The lowest BCUT2D eigenvalue weighted by atomic mass is 10.2. The molecule has 0 amide bonds. The van der Waals surface area contributed by atoms with E-state index in [1.807, 2.05) is 6.07 Å². The highest BCUT2D eigenvalue weighted by Crippen LogP contribution is 2.12. The van der Waals surface area contributed by atoms with Crippen LogP contribution in [-0.2, 0) is 18.0 Å². The number of anilines is 1. The molecule has 1 N–H and O–H groups in total. The summed E-state index contributed by atoms with van der Waals surface area (Å²) >= 11 is 0. The van der Waals surface area contributed by atoms with Crippen LogP contribution in [0.1, 0.15) is 11.3 Å². The number of nitrogens with one attached hydrogen (secondary N) is 1. The molecule has 0 bridgehead atoms. The molecular formula is C16H19FN4O. The Morgan fingerprint density at radius 1 is 1.18 bits per heavy atom. The number of rotatable bonds is 5. The van der Waals surface area contributed by atoms with Gasteiger partial charge in [-0.1, -0.05) is 12.1 Å². The maximum absolute atomic E-state index is 13.1. The van der Waals surface area contributed by atoms with Gasteiger partial charge in [0, 0.05) is 26.2 Å². The largest absolute Gasteiger partial charge is 0.370 e. The number of nitrogens with zero attached hydrogens (tertiary/aromatic N) is 3. The van der Waals surface area contributed by atoms with Crippen molar-refractivity contribution in [3.63, 3.8) is 0 Å². The Kier molecular flexibility index (Phi) is 4.92. The number of hydrogen-bond donors (Lipinski definition) is 1. The Balaban J connectivity index is 1.56. The van der Waals surface area contributed by atoms with E-state index < -0.39 is 0 Å². The standard InChI is InChI=1S/C16H19FN4O/c17-14-3-1-2-13(8-14)11-22-12-15-9-19-10-16(20-15)21-6-4-18-5-7-21/h1-3,8-10,18H,4-7,11-12H2. The van der Waals surface area contributed by atoms with Crippen molar-refractivity contribution in [1.82, 2.24) is 15.3 Å². The van der Waals surface area contributed by atoms with Crippen LogP contribution in [-0.4, -0.2) is 36.1 Å². The molecule has 0 atom stereocenters. The van der Waals surface area contributed by atoms with Crippen LogP contribution in [0.5, 0.6) is 0 Å². The van der Waals surface area contributed by atoms with Crippen LogP contribution in [0.25, 0.3) is 0 Å². The second-order valence-corrected chi connectivity index (χ2v) is 5.23. The summed E-state index contributed by atoms with van der Waals surface area (Å²) in [7, 11) is 0. The first-order chi connectivity index (χ1) is 10.8. The Morgan fingerprint density at radius 2 is 2.05 bits per heavy atom.